The lowest BCUT2D eigenvalue weighted by atomic mass is 10.1. The van der Waals surface area contributed by atoms with Crippen molar-refractivity contribution in [1.82, 2.24) is 5.32 Å². The van der Waals surface area contributed by atoms with Crippen molar-refractivity contribution in [3.8, 4) is 5.75 Å². The number of benzene rings is 1. The Balaban J connectivity index is 2.47. The molecule has 0 bridgehead atoms. The van der Waals surface area contributed by atoms with Gasteiger partial charge in [0.2, 0.25) is 6.08 Å². The number of unbranched alkanes of at least 4 members (excludes halogenated alkanes) is 1. The minimum atomic E-state index is -0.804. The third kappa shape index (κ3) is 6.67. The lowest BCUT2D eigenvalue weighted by Crippen LogP contribution is -2.42. The van der Waals surface area contributed by atoms with E-state index in [2.05, 4.69) is 15.0 Å². The number of hydrogen-bond donors (Lipinski definition) is 1. The smallest absolute Gasteiger partial charge is 0.413 e. The third-order valence-electron chi connectivity index (χ3n) is 2.81. The molecule has 0 aliphatic heterocycles. The average Bonchev–Trinajstić information content (AvgIpc) is 2.53. The number of nitrogens with one attached hydrogen (secondary N) is 1. The van der Waals surface area contributed by atoms with Crippen molar-refractivity contribution >= 4 is 18.1 Å². The first-order chi connectivity index (χ1) is 10.7. The Bertz CT molecular complexity index is 526. The van der Waals surface area contributed by atoms with E-state index in [9.17, 15) is 14.4 Å². The van der Waals surface area contributed by atoms with Crippen molar-refractivity contribution < 1.29 is 23.9 Å². The molecule has 1 N–H and O–H groups in total. The summed E-state index contributed by atoms with van der Waals surface area (Å²) in [6, 6.07) is 7.71. The maximum Gasteiger partial charge on any atom is 0.413 e. The fourth-order valence-electron chi connectivity index (χ4n) is 1.74. The van der Waals surface area contributed by atoms with E-state index in [0.29, 0.717) is 31.6 Å². The van der Waals surface area contributed by atoms with Crippen LogP contribution >= 0.6 is 0 Å². The molecule has 0 saturated carbocycles. The van der Waals surface area contributed by atoms with E-state index in [4.69, 9.17) is 4.74 Å². The van der Waals surface area contributed by atoms with Crippen LogP contribution in [0.1, 0.15) is 19.3 Å². The van der Waals surface area contributed by atoms with Crippen LogP contribution in [-0.2, 0) is 14.3 Å². The molecule has 7 heteroatoms. The van der Waals surface area contributed by atoms with Gasteiger partial charge in [-0.05, 0) is 31.4 Å². The topological polar surface area (TPSA) is 94.1 Å². The van der Waals surface area contributed by atoms with Gasteiger partial charge in [0.1, 0.15) is 11.8 Å². The highest BCUT2D eigenvalue weighted by Gasteiger charge is 2.21. The first-order valence-electron chi connectivity index (χ1n) is 6.82. The number of aliphatic imine (C=N–C) groups is 1. The summed E-state index contributed by atoms with van der Waals surface area (Å²) in [5, 5.41) is 2.46. The molecule has 0 aliphatic carbocycles. The number of para-hydroxylation sites is 1. The van der Waals surface area contributed by atoms with Crippen LogP contribution in [-0.4, -0.2) is 37.8 Å². The van der Waals surface area contributed by atoms with Crippen LogP contribution in [0.15, 0.2) is 35.3 Å². The molecular formula is C15H18N2O5. The van der Waals surface area contributed by atoms with E-state index in [-0.39, 0.29) is 0 Å². The van der Waals surface area contributed by atoms with E-state index in [1.165, 1.54) is 13.2 Å². The Morgan fingerprint density at radius 1 is 1.27 bits per heavy atom. The highest BCUT2D eigenvalue weighted by molar-refractivity contribution is 5.81. The number of carbonyl (C=O) groups excluding carboxylic acids is 3. The minimum absolute atomic E-state index is 0.339. The summed E-state index contributed by atoms with van der Waals surface area (Å²) in [5.41, 5.74) is 0. The van der Waals surface area contributed by atoms with E-state index < -0.39 is 18.1 Å². The molecular weight excluding hydrogens is 288 g/mol. The van der Waals surface area contributed by atoms with Crippen molar-refractivity contribution in [2.45, 2.75) is 25.3 Å². The number of isocyanates is 1. The Hall–Kier alpha value is -2.66. The van der Waals surface area contributed by atoms with Crippen molar-refractivity contribution in [3.05, 3.63) is 30.3 Å². The predicted molar refractivity (Wildman–Crippen MR) is 78.2 cm³/mol. The normalized spacial score (nSPS) is 11.0. The van der Waals surface area contributed by atoms with Gasteiger partial charge < -0.3 is 14.8 Å². The first kappa shape index (κ1) is 17.4. The molecule has 1 amide bonds. The van der Waals surface area contributed by atoms with Gasteiger partial charge >= 0.3 is 12.1 Å². The fourth-order valence-corrected chi connectivity index (χ4v) is 1.74. The molecule has 1 aromatic rings. The number of nitrogens with zero attached hydrogens (tertiary/aromatic N) is 1. The van der Waals surface area contributed by atoms with E-state index in [1.807, 2.05) is 0 Å². The standard InChI is InChI=1S/C15H18N2O5/c1-21-14(19)13(9-5-6-10-16-11-18)17-15(20)22-12-7-3-2-4-8-12/h2-4,7-8,13H,5-6,9-10H2,1H3,(H,17,20). The second kappa shape index (κ2) is 10.1. The van der Waals surface area contributed by atoms with Crippen LogP contribution in [0.4, 0.5) is 4.79 Å². The van der Waals surface area contributed by atoms with Crippen LogP contribution in [0.25, 0.3) is 0 Å². The molecule has 7 nitrogen and oxygen atoms in total. The fraction of sp³-hybridized carbons (Fsp3) is 0.400. The number of esters is 1. The van der Waals surface area contributed by atoms with Crippen molar-refractivity contribution in [2.75, 3.05) is 13.7 Å². The molecule has 0 fully saturated rings. The Morgan fingerprint density at radius 2 is 2.00 bits per heavy atom. The van der Waals surface area contributed by atoms with Crippen molar-refractivity contribution in [3.63, 3.8) is 0 Å². The van der Waals surface area contributed by atoms with Crippen LogP contribution in [0.5, 0.6) is 5.75 Å². The van der Waals surface area contributed by atoms with Crippen LogP contribution in [0.2, 0.25) is 0 Å². The van der Waals surface area contributed by atoms with Gasteiger partial charge in [-0.15, -0.1) is 0 Å². The first-order valence-corrected chi connectivity index (χ1v) is 6.82. The summed E-state index contributed by atoms with van der Waals surface area (Å²) in [6.45, 7) is 0.339. The highest BCUT2D eigenvalue weighted by atomic mass is 16.6. The molecule has 1 aromatic carbocycles. The highest BCUT2D eigenvalue weighted by Crippen LogP contribution is 2.09. The molecule has 0 spiro atoms. The van der Waals surface area contributed by atoms with Gasteiger partial charge in [-0.3, -0.25) is 0 Å². The summed E-state index contributed by atoms with van der Waals surface area (Å²) in [4.78, 5) is 36.8. The monoisotopic (exact) mass is 306 g/mol. The average molecular weight is 306 g/mol. The molecule has 0 aliphatic rings. The largest absolute Gasteiger partial charge is 0.467 e. The molecule has 0 aromatic heterocycles. The Labute approximate surface area is 128 Å². The number of rotatable bonds is 8. The molecule has 0 heterocycles. The third-order valence-corrected chi connectivity index (χ3v) is 2.81. The summed E-state index contributed by atoms with van der Waals surface area (Å²) >= 11 is 0. The van der Waals surface area contributed by atoms with Gasteiger partial charge in [0.15, 0.2) is 0 Å². The Morgan fingerprint density at radius 3 is 2.64 bits per heavy atom. The van der Waals surface area contributed by atoms with E-state index in [0.717, 1.165) is 0 Å². The lowest BCUT2D eigenvalue weighted by molar-refractivity contribution is -0.143. The summed E-state index contributed by atoms with van der Waals surface area (Å²) in [6.07, 6.45) is 2.28. The van der Waals surface area contributed by atoms with Gasteiger partial charge in [0.05, 0.1) is 13.7 Å². The second-order valence-electron chi connectivity index (χ2n) is 4.39. The molecule has 1 atom stereocenters. The van der Waals surface area contributed by atoms with Crippen molar-refractivity contribution in [1.29, 1.82) is 0 Å². The maximum absolute atomic E-state index is 11.8. The van der Waals surface area contributed by atoms with Crippen LogP contribution in [0, 0.1) is 0 Å². The zero-order valence-corrected chi connectivity index (χ0v) is 12.3. The van der Waals surface area contributed by atoms with Gasteiger partial charge in [-0.2, -0.15) is 0 Å². The number of ether oxygens (including phenoxy) is 2. The van der Waals surface area contributed by atoms with Crippen LogP contribution in [0.3, 0.4) is 0 Å². The predicted octanol–water partition coefficient (Wildman–Crippen LogP) is 1.82. The zero-order chi connectivity index (χ0) is 16.2. The maximum atomic E-state index is 11.8. The van der Waals surface area contributed by atoms with Crippen molar-refractivity contribution in [2.24, 2.45) is 4.99 Å². The van der Waals surface area contributed by atoms with Gasteiger partial charge in [-0.25, -0.2) is 19.4 Å². The summed E-state index contributed by atoms with van der Waals surface area (Å²) in [7, 11) is 1.25. The number of methoxy groups -OCH3 is 1. The summed E-state index contributed by atoms with van der Waals surface area (Å²) < 4.78 is 9.70. The SMILES string of the molecule is COC(=O)C(CCCCN=C=O)NC(=O)Oc1ccccc1. The van der Waals surface area contributed by atoms with Gasteiger partial charge in [0, 0.05) is 0 Å². The Kier molecular flexibility index (Phi) is 8.00. The molecule has 1 rings (SSSR count). The quantitative estimate of drug-likeness (QED) is 0.342. The van der Waals surface area contributed by atoms with Gasteiger partial charge in [-0.1, -0.05) is 18.2 Å². The molecule has 22 heavy (non-hydrogen) atoms. The number of carbonyl (C=O) groups is 2. The second-order valence-corrected chi connectivity index (χ2v) is 4.39. The number of amides is 1. The van der Waals surface area contributed by atoms with Crippen LogP contribution < -0.4 is 10.1 Å². The summed E-state index contributed by atoms with van der Waals surface area (Å²) in [5.74, 6) is -0.173. The lowest BCUT2D eigenvalue weighted by Gasteiger charge is -2.16. The molecule has 0 radical (unpaired) electrons. The van der Waals surface area contributed by atoms with E-state index >= 15 is 0 Å². The molecule has 0 saturated heterocycles. The molecule has 118 valence electrons. The minimum Gasteiger partial charge on any atom is -0.467 e. The van der Waals surface area contributed by atoms with E-state index in [1.54, 1.807) is 30.3 Å². The van der Waals surface area contributed by atoms with Gasteiger partial charge in [0.25, 0.3) is 0 Å². The number of hydrogen-bond acceptors (Lipinski definition) is 6. The molecule has 1 unspecified atom stereocenters. The zero-order valence-electron chi connectivity index (χ0n) is 12.3.